The van der Waals surface area contributed by atoms with E-state index in [-0.39, 0.29) is 6.04 Å². The highest BCUT2D eigenvalue weighted by molar-refractivity contribution is 6.05. The Labute approximate surface area is 236 Å². The second kappa shape index (κ2) is 10.0. The molecule has 0 amide bonds. The lowest BCUT2D eigenvalue weighted by molar-refractivity contribution is -0.717. The molecule has 4 nitrogen and oxygen atoms in total. The molecule has 0 bridgehead atoms. The van der Waals surface area contributed by atoms with Gasteiger partial charge in [0.2, 0.25) is 11.4 Å². The van der Waals surface area contributed by atoms with E-state index >= 15 is 0 Å². The van der Waals surface area contributed by atoms with Crippen LogP contribution in [0.25, 0.3) is 39.4 Å². The highest BCUT2D eigenvalue weighted by Crippen LogP contribution is 2.42. The summed E-state index contributed by atoms with van der Waals surface area (Å²) in [6.45, 7) is 16.9. The predicted molar refractivity (Wildman–Crippen MR) is 166 cm³/mol. The van der Waals surface area contributed by atoms with Gasteiger partial charge in [-0.3, -0.25) is 4.99 Å². The topological polar surface area (TPSA) is 42.3 Å². The molecule has 6 rings (SSSR count). The van der Waals surface area contributed by atoms with E-state index in [0.717, 1.165) is 45.3 Å². The SMILES string of the molecule is C=C/C=N/C(=C\c1ccc2c(oc3nc(C)ccc32)c1C)CC1C(C)c2cc(C)ccc2-c2cc(C)c(C)c[n+]21. The Morgan fingerprint density at radius 3 is 2.60 bits per heavy atom. The van der Waals surface area contributed by atoms with Crippen molar-refractivity contribution in [2.45, 2.75) is 59.9 Å². The summed E-state index contributed by atoms with van der Waals surface area (Å²) in [5.74, 6) is 0.324. The van der Waals surface area contributed by atoms with Crippen molar-refractivity contribution in [2.75, 3.05) is 0 Å². The van der Waals surface area contributed by atoms with E-state index in [1.807, 2.05) is 13.0 Å². The van der Waals surface area contributed by atoms with Crippen LogP contribution in [-0.2, 0) is 0 Å². The van der Waals surface area contributed by atoms with Crippen molar-refractivity contribution in [3.63, 3.8) is 0 Å². The van der Waals surface area contributed by atoms with Gasteiger partial charge in [-0.15, -0.1) is 0 Å². The summed E-state index contributed by atoms with van der Waals surface area (Å²) >= 11 is 0. The first-order valence-corrected chi connectivity index (χ1v) is 14.0. The van der Waals surface area contributed by atoms with Gasteiger partial charge in [-0.25, -0.2) is 4.98 Å². The molecular formula is C36H36N3O+. The molecule has 0 N–H and O–H groups in total. The van der Waals surface area contributed by atoms with E-state index < -0.39 is 0 Å². The fourth-order valence-corrected chi connectivity index (χ4v) is 6.09. The number of aryl methyl sites for hydroxylation is 5. The predicted octanol–water partition coefficient (Wildman–Crippen LogP) is 8.82. The van der Waals surface area contributed by atoms with Crippen LogP contribution in [0.2, 0.25) is 0 Å². The van der Waals surface area contributed by atoms with Crippen LogP contribution in [0.5, 0.6) is 0 Å². The smallest absolute Gasteiger partial charge is 0.227 e. The third-order valence-corrected chi connectivity index (χ3v) is 8.52. The fourth-order valence-electron chi connectivity index (χ4n) is 6.09. The molecule has 0 saturated heterocycles. The Morgan fingerprint density at radius 1 is 1.00 bits per heavy atom. The Balaban J connectivity index is 1.47. The first kappa shape index (κ1) is 25.9. The van der Waals surface area contributed by atoms with Crippen LogP contribution in [0.15, 0.2) is 82.5 Å². The van der Waals surface area contributed by atoms with Crippen molar-refractivity contribution in [3.8, 4) is 11.3 Å². The largest absolute Gasteiger partial charge is 0.437 e. The number of benzene rings is 2. The lowest BCUT2D eigenvalue weighted by Crippen LogP contribution is -2.47. The minimum absolute atomic E-state index is 0.222. The molecule has 3 aromatic heterocycles. The number of aliphatic imine (C=N–C) groups is 1. The molecule has 4 heteroatoms. The number of aromatic nitrogens is 2. The van der Waals surface area contributed by atoms with Crippen molar-refractivity contribution in [3.05, 3.63) is 112 Å². The maximum atomic E-state index is 6.26. The highest BCUT2D eigenvalue weighted by Gasteiger charge is 2.38. The molecule has 2 aromatic carbocycles. The van der Waals surface area contributed by atoms with E-state index in [4.69, 9.17) is 9.41 Å². The van der Waals surface area contributed by atoms with Crippen molar-refractivity contribution in [1.29, 1.82) is 0 Å². The molecule has 0 fully saturated rings. The maximum Gasteiger partial charge on any atom is 0.227 e. The average Bonchev–Trinajstić information content (AvgIpc) is 3.30. The van der Waals surface area contributed by atoms with Gasteiger partial charge in [0.05, 0.1) is 6.42 Å². The zero-order chi connectivity index (χ0) is 28.1. The summed E-state index contributed by atoms with van der Waals surface area (Å²) in [4.78, 5) is 9.50. The van der Waals surface area contributed by atoms with Crippen LogP contribution in [0.4, 0.5) is 0 Å². The van der Waals surface area contributed by atoms with Gasteiger partial charge in [-0.2, -0.15) is 4.57 Å². The molecule has 0 spiro atoms. The molecule has 1 aliphatic heterocycles. The van der Waals surface area contributed by atoms with Gasteiger partial charge in [-0.05, 0) is 87.2 Å². The summed E-state index contributed by atoms with van der Waals surface area (Å²) in [6, 6.07) is 17.9. The quantitative estimate of drug-likeness (QED) is 0.170. The summed E-state index contributed by atoms with van der Waals surface area (Å²) in [6.07, 6.45) is 8.86. The average molecular weight is 527 g/mol. The first-order chi connectivity index (χ1) is 19.2. The molecule has 200 valence electrons. The summed E-state index contributed by atoms with van der Waals surface area (Å²) in [7, 11) is 0. The molecular weight excluding hydrogens is 490 g/mol. The Bertz CT molecular complexity index is 1870. The van der Waals surface area contributed by atoms with Crippen molar-refractivity contribution >= 4 is 34.4 Å². The van der Waals surface area contributed by atoms with Gasteiger partial charge in [0, 0.05) is 51.5 Å². The lowest BCUT2D eigenvalue weighted by Gasteiger charge is -2.29. The van der Waals surface area contributed by atoms with Crippen LogP contribution in [0.3, 0.4) is 0 Å². The Morgan fingerprint density at radius 2 is 1.80 bits per heavy atom. The third-order valence-electron chi connectivity index (χ3n) is 8.52. The lowest BCUT2D eigenvalue weighted by atomic mass is 9.81. The van der Waals surface area contributed by atoms with Gasteiger partial charge < -0.3 is 4.42 Å². The number of pyridine rings is 2. The number of rotatable bonds is 5. The van der Waals surface area contributed by atoms with Crippen LogP contribution < -0.4 is 4.57 Å². The molecule has 4 heterocycles. The second-order valence-electron chi connectivity index (χ2n) is 11.3. The molecule has 40 heavy (non-hydrogen) atoms. The van der Waals surface area contributed by atoms with Gasteiger partial charge in [-0.1, -0.05) is 43.3 Å². The second-order valence-corrected chi connectivity index (χ2v) is 11.3. The summed E-state index contributed by atoms with van der Waals surface area (Å²) in [5.41, 5.74) is 13.6. The van der Waals surface area contributed by atoms with Crippen LogP contribution >= 0.6 is 0 Å². The van der Waals surface area contributed by atoms with E-state index in [0.29, 0.717) is 11.6 Å². The molecule has 1 aliphatic rings. The third kappa shape index (κ3) is 4.38. The Kier molecular flexibility index (Phi) is 6.50. The Hall–Kier alpha value is -4.31. The summed E-state index contributed by atoms with van der Waals surface area (Å²) in [5, 5.41) is 2.14. The zero-order valence-corrected chi connectivity index (χ0v) is 24.2. The van der Waals surface area contributed by atoms with Crippen LogP contribution in [0, 0.1) is 34.6 Å². The molecule has 0 aliphatic carbocycles. The fraction of sp³-hybridized carbons (Fsp3) is 0.250. The molecule has 2 unspecified atom stereocenters. The number of nitrogens with zero attached hydrogens (tertiary/aromatic N) is 3. The molecule has 2 atom stereocenters. The minimum atomic E-state index is 0.222. The first-order valence-electron chi connectivity index (χ1n) is 14.0. The van der Waals surface area contributed by atoms with Gasteiger partial charge in [0.15, 0.2) is 12.2 Å². The van der Waals surface area contributed by atoms with Crippen molar-refractivity contribution in [1.82, 2.24) is 4.98 Å². The van der Waals surface area contributed by atoms with E-state index in [2.05, 4.69) is 105 Å². The van der Waals surface area contributed by atoms with Crippen LogP contribution in [-0.4, -0.2) is 11.2 Å². The number of hydrogen-bond donors (Lipinski definition) is 0. The van der Waals surface area contributed by atoms with Crippen LogP contribution in [0.1, 0.15) is 64.4 Å². The standard InChI is InChI=1S/C36H36N3O/c1-8-15-37-28(18-27-11-14-30-31-13-10-24(5)38-36(31)40-35(30)25(27)6)19-33-26(7)32-16-21(2)9-12-29(32)34-17-22(3)23(4)20-39(33)34/h8-18,20,26,33H,1,19H2,2-7H3/q+1/b28-18-,37-15+. The molecule has 0 saturated carbocycles. The number of hydrogen-bond acceptors (Lipinski definition) is 3. The van der Waals surface area contributed by atoms with E-state index in [1.54, 1.807) is 12.3 Å². The molecule has 5 aromatic rings. The minimum Gasteiger partial charge on any atom is -0.437 e. The van der Waals surface area contributed by atoms with Crippen molar-refractivity contribution < 1.29 is 8.98 Å². The maximum absolute atomic E-state index is 6.26. The zero-order valence-electron chi connectivity index (χ0n) is 24.2. The van der Waals surface area contributed by atoms with Gasteiger partial charge >= 0.3 is 0 Å². The van der Waals surface area contributed by atoms with Gasteiger partial charge in [0.25, 0.3) is 0 Å². The van der Waals surface area contributed by atoms with E-state index in [1.165, 1.54) is 33.5 Å². The number of furan rings is 1. The van der Waals surface area contributed by atoms with E-state index in [9.17, 15) is 0 Å². The van der Waals surface area contributed by atoms with Gasteiger partial charge in [0.1, 0.15) is 5.58 Å². The van der Waals surface area contributed by atoms with Crippen molar-refractivity contribution in [2.24, 2.45) is 4.99 Å². The number of fused-ring (bicyclic) bond motifs is 6. The summed E-state index contributed by atoms with van der Waals surface area (Å²) < 4.78 is 8.73. The monoisotopic (exact) mass is 526 g/mol. The highest BCUT2D eigenvalue weighted by atomic mass is 16.3. The molecule has 0 radical (unpaired) electrons. The number of allylic oxidation sites excluding steroid dienone is 2. The normalized spacial score (nSPS) is 17.0.